The van der Waals surface area contributed by atoms with E-state index >= 15 is 0 Å². The highest BCUT2D eigenvalue weighted by atomic mass is 16.5. The summed E-state index contributed by atoms with van der Waals surface area (Å²) in [7, 11) is 5.05. The number of aliphatic imine (C=N–C) groups is 1. The lowest BCUT2D eigenvalue weighted by molar-refractivity contribution is 0.321. The second kappa shape index (κ2) is 11.5. The van der Waals surface area contributed by atoms with Crippen LogP contribution in [0.2, 0.25) is 0 Å². The zero-order chi connectivity index (χ0) is 22.1. The minimum absolute atomic E-state index is 0.357. The van der Waals surface area contributed by atoms with E-state index in [0.717, 1.165) is 61.4 Å². The van der Waals surface area contributed by atoms with Gasteiger partial charge in [-0.25, -0.2) is 4.99 Å². The molecule has 0 bridgehead atoms. The highest BCUT2D eigenvalue weighted by Gasteiger charge is 2.23. The summed E-state index contributed by atoms with van der Waals surface area (Å²) in [5, 5.41) is 6.95. The van der Waals surface area contributed by atoms with Crippen LogP contribution < -0.4 is 24.8 Å². The Kier molecular flexibility index (Phi) is 8.41. The van der Waals surface area contributed by atoms with E-state index in [4.69, 9.17) is 19.2 Å². The van der Waals surface area contributed by atoms with Gasteiger partial charge in [0, 0.05) is 38.3 Å². The minimum atomic E-state index is 0.357. The molecule has 0 radical (unpaired) electrons. The van der Waals surface area contributed by atoms with Crippen LogP contribution in [-0.4, -0.2) is 57.9 Å². The Morgan fingerprint density at radius 2 is 1.71 bits per heavy atom. The summed E-state index contributed by atoms with van der Waals surface area (Å²) in [6.07, 6.45) is 1.07. The highest BCUT2D eigenvalue weighted by Crippen LogP contribution is 2.24. The Morgan fingerprint density at radius 1 is 1.00 bits per heavy atom. The standard InChI is InChI=1S/C24H34N4O3/c1-5-25-24(26-15-18-7-6-8-21(11-18)29-2)27-20-9-10-28(17-20)16-19-12-22(30-3)14-23(13-19)31-4/h6-8,11-14,20H,5,9-10,15-17H2,1-4H3,(H2,25,26,27). The van der Waals surface area contributed by atoms with E-state index in [-0.39, 0.29) is 0 Å². The Hall–Kier alpha value is -2.93. The van der Waals surface area contributed by atoms with Gasteiger partial charge in [0.1, 0.15) is 17.2 Å². The third-order valence-corrected chi connectivity index (χ3v) is 5.33. The molecule has 168 valence electrons. The van der Waals surface area contributed by atoms with E-state index in [1.165, 1.54) is 5.56 Å². The first kappa shape index (κ1) is 22.7. The molecular weight excluding hydrogens is 392 g/mol. The van der Waals surface area contributed by atoms with Crippen LogP contribution in [0, 0.1) is 0 Å². The Bertz CT molecular complexity index is 849. The first-order valence-electron chi connectivity index (χ1n) is 10.8. The number of nitrogens with one attached hydrogen (secondary N) is 2. The van der Waals surface area contributed by atoms with Gasteiger partial charge < -0.3 is 24.8 Å². The summed E-state index contributed by atoms with van der Waals surface area (Å²) < 4.78 is 16.1. The van der Waals surface area contributed by atoms with Gasteiger partial charge in [0.25, 0.3) is 0 Å². The molecule has 2 N–H and O–H groups in total. The number of hydrogen-bond acceptors (Lipinski definition) is 5. The van der Waals surface area contributed by atoms with E-state index in [1.54, 1.807) is 21.3 Å². The van der Waals surface area contributed by atoms with Gasteiger partial charge in [0.15, 0.2) is 5.96 Å². The lowest BCUT2D eigenvalue weighted by Gasteiger charge is -2.19. The fourth-order valence-electron chi connectivity index (χ4n) is 3.76. The molecule has 31 heavy (non-hydrogen) atoms. The summed E-state index contributed by atoms with van der Waals surface area (Å²) in [5.74, 6) is 3.34. The minimum Gasteiger partial charge on any atom is -0.497 e. The molecule has 1 unspecified atom stereocenters. The van der Waals surface area contributed by atoms with Crippen molar-refractivity contribution in [2.45, 2.75) is 32.5 Å². The Morgan fingerprint density at radius 3 is 2.39 bits per heavy atom. The summed E-state index contributed by atoms with van der Waals surface area (Å²) in [6.45, 7) is 6.37. The molecule has 1 aliphatic rings. The van der Waals surface area contributed by atoms with Gasteiger partial charge in [-0.3, -0.25) is 4.90 Å². The summed E-state index contributed by atoms with van der Waals surface area (Å²) in [5.41, 5.74) is 2.31. The molecule has 2 aromatic rings. The van der Waals surface area contributed by atoms with Gasteiger partial charge in [-0.2, -0.15) is 0 Å². The van der Waals surface area contributed by atoms with Crippen molar-refractivity contribution in [3.8, 4) is 17.2 Å². The molecule has 0 saturated carbocycles. The largest absolute Gasteiger partial charge is 0.497 e. The molecule has 3 rings (SSSR count). The fraction of sp³-hybridized carbons (Fsp3) is 0.458. The molecule has 0 aliphatic carbocycles. The first-order chi connectivity index (χ1) is 15.1. The maximum absolute atomic E-state index is 5.40. The zero-order valence-electron chi connectivity index (χ0n) is 19.0. The Labute approximate surface area is 185 Å². The Balaban J connectivity index is 1.57. The van der Waals surface area contributed by atoms with E-state index in [9.17, 15) is 0 Å². The third kappa shape index (κ3) is 6.79. The summed E-state index contributed by atoms with van der Waals surface area (Å²) in [6, 6.07) is 14.4. The van der Waals surface area contributed by atoms with E-state index in [1.807, 2.05) is 24.3 Å². The van der Waals surface area contributed by atoms with Crippen LogP contribution in [0.15, 0.2) is 47.5 Å². The molecule has 1 saturated heterocycles. The quantitative estimate of drug-likeness (QED) is 0.475. The van der Waals surface area contributed by atoms with Gasteiger partial charge in [-0.1, -0.05) is 12.1 Å². The molecule has 2 aromatic carbocycles. The van der Waals surface area contributed by atoms with Gasteiger partial charge in [-0.05, 0) is 48.7 Å². The van der Waals surface area contributed by atoms with Crippen molar-refractivity contribution >= 4 is 5.96 Å². The molecule has 1 aliphatic heterocycles. The topological polar surface area (TPSA) is 67.4 Å². The fourth-order valence-corrected chi connectivity index (χ4v) is 3.76. The van der Waals surface area contributed by atoms with Crippen LogP contribution in [-0.2, 0) is 13.1 Å². The summed E-state index contributed by atoms with van der Waals surface area (Å²) in [4.78, 5) is 7.21. The molecule has 1 atom stereocenters. The van der Waals surface area contributed by atoms with Crippen LogP contribution in [0.5, 0.6) is 17.2 Å². The second-order valence-electron chi connectivity index (χ2n) is 7.63. The van der Waals surface area contributed by atoms with Crippen LogP contribution >= 0.6 is 0 Å². The third-order valence-electron chi connectivity index (χ3n) is 5.33. The number of hydrogen-bond donors (Lipinski definition) is 2. The van der Waals surface area contributed by atoms with Crippen LogP contribution in [0.4, 0.5) is 0 Å². The highest BCUT2D eigenvalue weighted by molar-refractivity contribution is 5.80. The number of nitrogens with zero attached hydrogens (tertiary/aromatic N) is 2. The molecule has 0 aromatic heterocycles. The van der Waals surface area contributed by atoms with E-state index < -0.39 is 0 Å². The average molecular weight is 427 g/mol. The molecule has 7 nitrogen and oxygen atoms in total. The van der Waals surface area contributed by atoms with Crippen LogP contribution in [0.25, 0.3) is 0 Å². The normalized spacial score (nSPS) is 16.8. The van der Waals surface area contributed by atoms with Crippen molar-refractivity contribution in [1.29, 1.82) is 0 Å². The van der Waals surface area contributed by atoms with Crippen molar-refractivity contribution in [3.05, 3.63) is 53.6 Å². The van der Waals surface area contributed by atoms with Crippen molar-refractivity contribution < 1.29 is 14.2 Å². The predicted octanol–water partition coefficient (Wildman–Crippen LogP) is 3.04. The monoisotopic (exact) mass is 426 g/mol. The molecule has 0 amide bonds. The van der Waals surface area contributed by atoms with Crippen molar-refractivity contribution in [1.82, 2.24) is 15.5 Å². The van der Waals surface area contributed by atoms with Gasteiger partial charge in [0.05, 0.1) is 27.9 Å². The molecule has 1 heterocycles. The molecule has 1 fully saturated rings. The molecular formula is C24H34N4O3. The van der Waals surface area contributed by atoms with Crippen LogP contribution in [0.1, 0.15) is 24.5 Å². The molecule has 0 spiro atoms. The number of rotatable bonds is 9. The predicted molar refractivity (Wildman–Crippen MR) is 124 cm³/mol. The smallest absolute Gasteiger partial charge is 0.191 e. The lowest BCUT2D eigenvalue weighted by atomic mass is 10.2. The zero-order valence-corrected chi connectivity index (χ0v) is 19.0. The van der Waals surface area contributed by atoms with Crippen molar-refractivity contribution in [2.24, 2.45) is 4.99 Å². The maximum Gasteiger partial charge on any atom is 0.191 e. The van der Waals surface area contributed by atoms with Gasteiger partial charge in [-0.15, -0.1) is 0 Å². The first-order valence-corrected chi connectivity index (χ1v) is 10.8. The number of guanidine groups is 1. The van der Waals surface area contributed by atoms with Crippen LogP contribution in [0.3, 0.4) is 0 Å². The maximum atomic E-state index is 5.40. The summed E-state index contributed by atoms with van der Waals surface area (Å²) >= 11 is 0. The SMILES string of the molecule is CCNC(=NCc1cccc(OC)c1)NC1CCN(Cc2cc(OC)cc(OC)c2)C1. The van der Waals surface area contributed by atoms with Crippen molar-refractivity contribution in [3.63, 3.8) is 0 Å². The van der Waals surface area contributed by atoms with E-state index in [2.05, 4.69) is 40.7 Å². The number of benzene rings is 2. The number of likely N-dealkylation sites (tertiary alicyclic amines) is 1. The lowest BCUT2D eigenvalue weighted by Crippen LogP contribution is -2.44. The number of ether oxygens (including phenoxy) is 3. The van der Waals surface area contributed by atoms with Gasteiger partial charge >= 0.3 is 0 Å². The number of methoxy groups -OCH3 is 3. The van der Waals surface area contributed by atoms with Gasteiger partial charge in [0.2, 0.25) is 0 Å². The average Bonchev–Trinajstić information content (AvgIpc) is 3.24. The molecule has 7 heteroatoms. The second-order valence-corrected chi connectivity index (χ2v) is 7.63. The van der Waals surface area contributed by atoms with Crippen molar-refractivity contribution in [2.75, 3.05) is 41.0 Å². The van der Waals surface area contributed by atoms with E-state index in [0.29, 0.717) is 12.6 Å².